The van der Waals surface area contributed by atoms with Gasteiger partial charge in [-0.3, -0.25) is 0 Å². The van der Waals surface area contributed by atoms with Crippen LogP contribution in [-0.4, -0.2) is 34.2 Å². The van der Waals surface area contributed by atoms with Gasteiger partial charge in [-0.25, -0.2) is 4.39 Å². The Bertz CT molecular complexity index is 827. The molecule has 1 saturated heterocycles. The van der Waals surface area contributed by atoms with Crippen molar-refractivity contribution < 1.29 is 9.50 Å². The van der Waals surface area contributed by atoms with Gasteiger partial charge in [0.1, 0.15) is 5.82 Å². The predicted molar refractivity (Wildman–Crippen MR) is 86.5 cm³/mol. The molecule has 4 nitrogen and oxygen atoms in total. The first-order valence-corrected chi connectivity index (χ1v) is 8.14. The fourth-order valence-electron chi connectivity index (χ4n) is 3.45. The molecule has 4 rings (SSSR count). The Kier molecular flexibility index (Phi) is 3.30. The molecule has 2 heterocycles. The number of benzene rings is 1. The Labute approximate surface area is 140 Å². The van der Waals surface area contributed by atoms with E-state index >= 15 is 0 Å². The number of fused-ring (bicyclic) bond motifs is 1. The van der Waals surface area contributed by atoms with Gasteiger partial charge >= 0.3 is 0 Å². The second kappa shape index (κ2) is 5.26. The highest BCUT2D eigenvalue weighted by molar-refractivity contribution is 5.42. The van der Waals surface area contributed by atoms with E-state index in [1.165, 1.54) is 6.07 Å². The second-order valence-corrected chi connectivity index (χ2v) is 6.85. The van der Waals surface area contributed by atoms with Crippen LogP contribution in [0.25, 0.3) is 0 Å². The molecule has 2 aliphatic heterocycles. The average molecular weight is 323 g/mol. The third kappa shape index (κ3) is 2.42. The van der Waals surface area contributed by atoms with E-state index in [4.69, 9.17) is 5.26 Å². The molecule has 24 heavy (non-hydrogen) atoms. The lowest BCUT2D eigenvalue weighted by atomic mass is 9.94. The predicted octanol–water partition coefficient (Wildman–Crippen LogP) is 2.33. The molecular formula is C19H18FN3O. The standard InChI is InChI=1S/C19H18FN3O/c1-22-11-18-19(24,7-6-13-2-3-13)9-17(23(18)12-22)15-5-4-14(10-21)8-16(15)20/h4-5,8,11,13,17,24H,2-3,9,12H2,1H3. The monoisotopic (exact) mass is 323 g/mol. The van der Waals surface area contributed by atoms with Gasteiger partial charge in [0.05, 0.1) is 30.0 Å². The summed E-state index contributed by atoms with van der Waals surface area (Å²) in [5.74, 6) is 6.18. The topological polar surface area (TPSA) is 50.5 Å². The summed E-state index contributed by atoms with van der Waals surface area (Å²) in [6.07, 6.45) is 4.43. The number of hydrogen-bond donors (Lipinski definition) is 1. The number of hydrogen-bond acceptors (Lipinski definition) is 4. The minimum Gasteiger partial charge on any atom is -0.372 e. The molecule has 2 atom stereocenters. The number of rotatable bonds is 1. The SMILES string of the molecule is CN1C=C2N(C1)C(c1ccc(C#N)cc1F)CC2(O)C#CC1CC1. The van der Waals surface area contributed by atoms with Crippen molar-refractivity contribution in [1.29, 1.82) is 5.26 Å². The van der Waals surface area contributed by atoms with E-state index in [0.29, 0.717) is 30.1 Å². The smallest absolute Gasteiger partial charge is 0.169 e. The van der Waals surface area contributed by atoms with Crippen molar-refractivity contribution in [2.45, 2.75) is 30.9 Å². The van der Waals surface area contributed by atoms with Crippen LogP contribution in [0.1, 0.15) is 36.4 Å². The van der Waals surface area contributed by atoms with Gasteiger partial charge in [0.25, 0.3) is 0 Å². The van der Waals surface area contributed by atoms with Gasteiger partial charge in [-0.05, 0) is 25.0 Å². The quantitative estimate of drug-likeness (QED) is 0.806. The fourth-order valence-corrected chi connectivity index (χ4v) is 3.45. The number of aliphatic hydroxyl groups is 1. The highest BCUT2D eigenvalue weighted by Gasteiger charge is 2.50. The molecule has 1 N–H and O–H groups in total. The summed E-state index contributed by atoms with van der Waals surface area (Å²) >= 11 is 0. The van der Waals surface area contributed by atoms with Crippen LogP contribution in [-0.2, 0) is 0 Å². The maximum atomic E-state index is 14.5. The zero-order valence-electron chi connectivity index (χ0n) is 13.5. The lowest BCUT2D eigenvalue weighted by molar-refractivity contribution is 0.142. The van der Waals surface area contributed by atoms with Crippen LogP contribution >= 0.6 is 0 Å². The van der Waals surface area contributed by atoms with E-state index in [2.05, 4.69) is 11.8 Å². The lowest BCUT2D eigenvalue weighted by Crippen LogP contribution is -2.27. The van der Waals surface area contributed by atoms with Crippen LogP contribution in [0.15, 0.2) is 30.1 Å². The Morgan fingerprint density at radius 1 is 1.38 bits per heavy atom. The van der Waals surface area contributed by atoms with Crippen molar-refractivity contribution in [3.63, 3.8) is 0 Å². The zero-order chi connectivity index (χ0) is 16.9. The van der Waals surface area contributed by atoms with E-state index < -0.39 is 11.4 Å². The van der Waals surface area contributed by atoms with Gasteiger partial charge in [0.2, 0.25) is 0 Å². The van der Waals surface area contributed by atoms with Crippen molar-refractivity contribution in [2.75, 3.05) is 13.7 Å². The van der Waals surface area contributed by atoms with Crippen LogP contribution in [0.5, 0.6) is 0 Å². The average Bonchev–Trinajstić information content (AvgIpc) is 3.25. The molecule has 0 radical (unpaired) electrons. The first kappa shape index (κ1) is 15.1. The number of nitriles is 1. The third-order valence-corrected chi connectivity index (χ3v) is 4.87. The lowest BCUT2D eigenvalue weighted by Gasteiger charge is -2.25. The largest absolute Gasteiger partial charge is 0.372 e. The maximum absolute atomic E-state index is 14.5. The van der Waals surface area contributed by atoms with E-state index in [-0.39, 0.29) is 6.04 Å². The first-order valence-electron chi connectivity index (χ1n) is 8.14. The number of halogens is 1. The molecule has 2 fully saturated rings. The number of nitrogens with zero attached hydrogens (tertiary/aromatic N) is 3. The van der Waals surface area contributed by atoms with Crippen LogP contribution < -0.4 is 0 Å². The van der Waals surface area contributed by atoms with E-state index in [0.717, 1.165) is 18.5 Å². The molecule has 1 aromatic rings. The van der Waals surface area contributed by atoms with Crippen LogP contribution in [0.2, 0.25) is 0 Å². The normalized spacial score (nSPS) is 28.1. The molecular weight excluding hydrogens is 305 g/mol. The molecule has 0 spiro atoms. The van der Waals surface area contributed by atoms with E-state index in [9.17, 15) is 9.50 Å². The Morgan fingerprint density at radius 3 is 2.83 bits per heavy atom. The molecule has 1 aliphatic carbocycles. The van der Waals surface area contributed by atoms with Crippen molar-refractivity contribution >= 4 is 0 Å². The summed E-state index contributed by atoms with van der Waals surface area (Å²) in [4.78, 5) is 3.97. The molecule has 1 aromatic carbocycles. The van der Waals surface area contributed by atoms with Crippen molar-refractivity contribution in [2.24, 2.45) is 5.92 Å². The Morgan fingerprint density at radius 2 is 2.17 bits per heavy atom. The second-order valence-electron chi connectivity index (χ2n) is 6.85. The van der Waals surface area contributed by atoms with Gasteiger partial charge in [0.15, 0.2) is 5.60 Å². The fraction of sp³-hybridized carbons (Fsp3) is 0.421. The first-order chi connectivity index (χ1) is 11.5. The van der Waals surface area contributed by atoms with Gasteiger partial charge in [-0.1, -0.05) is 17.9 Å². The Hall–Kier alpha value is -2.50. The summed E-state index contributed by atoms with van der Waals surface area (Å²) in [7, 11) is 1.92. The van der Waals surface area contributed by atoms with Gasteiger partial charge in [-0.2, -0.15) is 5.26 Å². The summed E-state index contributed by atoms with van der Waals surface area (Å²) in [6, 6.07) is 6.19. The molecule has 3 aliphatic rings. The van der Waals surface area contributed by atoms with Crippen LogP contribution in [0, 0.1) is 34.9 Å². The molecule has 2 unspecified atom stereocenters. The van der Waals surface area contributed by atoms with E-state index in [1.807, 2.05) is 29.1 Å². The van der Waals surface area contributed by atoms with Crippen molar-refractivity contribution in [3.05, 3.63) is 47.0 Å². The van der Waals surface area contributed by atoms with Crippen molar-refractivity contribution in [1.82, 2.24) is 9.80 Å². The highest BCUT2D eigenvalue weighted by Crippen LogP contribution is 2.47. The Balaban J connectivity index is 1.72. The molecule has 0 bridgehead atoms. The molecule has 122 valence electrons. The van der Waals surface area contributed by atoms with E-state index in [1.54, 1.807) is 12.1 Å². The molecule has 0 aromatic heterocycles. The molecule has 0 amide bonds. The zero-order valence-corrected chi connectivity index (χ0v) is 13.5. The summed E-state index contributed by atoms with van der Waals surface area (Å²) in [5, 5.41) is 20.0. The maximum Gasteiger partial charge on any atom is 0.169 e. The van der Waals surface area contributed by atoms with Crippen LogP contribution in [0.4, 0.5) is 4.39 Å². The van der Waals surface area contributed by atoms with Gasteiger partial charge in [0, 0.05) is 31.1 Å². The minimum atomic E-state index is -1.24. The minimum absolute atomic E-state index is 0.285. The van der Waals surface area contributed by atoms with Gasteiger partial charge in [-0.15, -0.1) is 0 Å². The van der Waals surface area contributed by atoms with Crippen LogP contribution in [0.3, 0.4) is 0 Å². The molecule has 5 heteroatoms. The summed E-state index contributed by atoms with van der Waals surface area (Å²) in [6.45, 7) is 0.590. The summed E-state index contributed by atoms with van der Waals surface area (Å²) in [5.41, 5.74) is 0.303. The molecule has 1 saturated carbocycles. The van der Waals surface area contributed by atoms with Crippen molar-refractivity contribution in [3.8, 4) is 17.9 Å². The third-order valence-electron chi connectivity index (χ3n) is 4.87. The highest BCUT2D eigenvalue weighted by atomic mass is 19.1. The summed E-state index contributed by atoms with van der Waals surface area (Å²) < 4.78 is 14.5. The van der Waals surface area contributed by atoms with Gasteiger partial charge < -0.3 is 14.9 Å².